The molecule has 0 radical (unpaired) electrons. The highest BCUT2D eigenvalue weighted by molar-refractivity contribution is 5.92. The van der Waals surface area contributed by atoms with Gasteiger partial charge in [-0.05, 0) is 31.2 Å². The molecule has 0 aliphatic heterocycles. The minimum Gasteiger partial charge on any atom is -0.492 e. The summed E-state index contributed by atoms with van der Waals surface area (Å²) in [6, 6.07) is 16.9. The minimum atomic E-state index is -0.133. The third kappa shape index (κ3) is 4.44. The molecule has 6 heteroatoms. The van der Waals surface area contributed by atoms with Gasteiger partial charge in [-0.1, -0.05) is 30.3 Å². The number of nitrogens with one attached hydrogen (secondary N) is 1. The second kappa shape index (κ2) is 8.10. The zero-order valence-corrected chi connectivity index (χ0v) is 13.9. The molecule has 0 saturated carbocycles. The molecule has 0 atom stereocenters. The number of aryl methyl sites for hydroxylation is 1. The van der Waals surface area contributed by atoms with E-state index in [4.69, 9.17) is 9.15 Å². The van der Waals surface area contributed by atoms with Crippen LogP contribution in [-0.2, 0) is 11.2 Å². The van der Waals surface area contributed by atoms with Gasteiger partial charge in [0.1, 0.15) is 5.75 Å². The summed E-state index contributed by atoms with van der Waals surface area (Å²) in [6.07, 6.45) is 0.624. The zero-order chi connectivity index (χ0) is 17.5. The lowest BCUT2D eigenvalue weighted by molar-refractivity contribution is -0.116. The fourth-order valence-electron chi connectivity index (χ4n) is 2.34. The number of ether oxygens (including phenoxy) is 1. The molecule has 0 aliphatic carbocycles. The SMILES string of the molecule is CCOc1ccccc1NC(=O)CCc1nnc(-c2ccccc2)o1. The summed E-state index contributed by atoms with van der Waals surface area (Å²) in [5.74, 6) is 1.42. The van der Waals surface area contributed by atoms with Crippen molar-refractivity contribution < 1.29 is 13.9 Å². The van der Waals surface area contributed by atoms with Gasteiger partial charge in [-0.2, -0.15) is 0 Å². The van der Waals surface area contributed by atoms with E-state index < -0.39 is 0 Å². The van der Waals surface area contributed by atoms with Crippen LogP contribution in [0.2, 0.25) is 0 Å². The minimum absolute atomic E-state index is 0.133. The zero-order valence-electron chi connectivity index (χ0n) is 13.9. The third-order valence-corrected chi connectivity index (χ3v) is 3.51. The average Bonchev–Trinajstić information content (AvgIpc) is 3.12. The lowest BCUT2D eigenvalue weighted by atomic mass is 10.2. The molecule has 0 fully saturated rings. The van der Waals surface area contributed by atoms with Crippen molar-refractivity contribution in [3.63, 3.8) is 0 Å². The molecule has 3 rings (SSSR count). The Balaban J connectivity index is 1.57. The molecule has 0 saturated heterocycles. The second-order valence-corrected chi connectivity index (χ2v) is 5.34. The van der Waals surface area contributed by atoms with Gasteiger partial charge in [0, 0.05) is 18.4 Å². The van der Waals surface area contributed by atoms with Crippen molar-refractivity contribution in [2.24, 2.45) is 0 Å². The van der Waals surface area contributed by atoms with E-state index in [1.807, 2.05) is 61.5 Å². The van der Waals surface area contributed by atoms with Gasteiger partial charge < -0.3 is 14.5 Å². The van der Waals surface area contributed by atoms with Crippen molar-refractivity contribution in [1.82, 2.24) is 10.2 Å². The van der Waals surface area contributed by atoms with Crippen LogP contribution in [0, 0.1) is 0 Å². The van der Waals surface area contributed by atoms with Crippen LogP contribution < -0.4 is 10.1 Å². The summed E-state index contributed by atoms with van der Waals surface area (Å²) in [6.45, 7) is 2.44. The smallest absolute Gasteiger partial charge is 0.247 e. The van der Waals surface area contributed by atoms with Crippen molar-refractivity contribution in [3.05, 3.63) is 60.5 Å². The van der Waals surface area contributed by atoms with Crippen LogP contribution in [0.3, 0.4) is 0 Å². The van der Waals surface area contributed by atoms with Crippen LogP contribution in [0.15, 0.2) is 59.0 Å². The van der Waals surface area contributed by atoms with Crippen molar-refractivity contribution in [2.45, 2.75) is 19.8 Å². The van der Waals surface area contributed by atoms with E-state index in [2.05, 4.69) is 15.5 Å². The average molecular weight is 337 g/mol. The summed E-state index contributed by atoms with van der Waals surface area (Å²) >= 11 is 0. The first-order valence-corrected chi connectivity index (χ1v) is 8.15. The number of nitrogens with zero attached hydrogens (tertiary/aromatic N) is 2. The number of hydrogen-bond donors (Lipinski definition) is 1. The van der Waals surface area contributed by atoms with Crippen LogP contribution in [0.1, 0.15) is 19.2 Å². The number of benzene rings is 2. The monoisotopic (exact) mass is 337 g/mol. The van der Waals surface area contributed by atoms with E-state index in [1.165, 1.54) is 0 Å². The molecule has 1 N–H and O–H groups in total. The highest BCUT2D eigenvalue weighted by Crippen LogP contribution is 2.24. The molecule has 0 bridgehead atoms. The highest BCUT2D eigenvalue weighted by Gasteiger charge is 2.12. The van der Waals surface area contributed by atoms with Gasteiger partial charge in [0.2, 0.25) is 17.7 Å². The van der Waals surface area contributed by atoms with Gasteiger partial charge in [-0.25, -0.2) is 0 Å². The normalized spacial score (nSPS) is 10.4. The first-order valence-electron chi connectivity index (χ1n) is 8.15. The van der Waals surface area contributed by atoms with E-state index in [1.54, 1.807) is 0 Å². The maximum absolute atomic E-state index is 12.2. The number of carbonyl (C=O) groups is 1. The molecule has 1 aromatic heterocycles. The van der Waals surface area contributed by atoms with Gasteiger partial charge in [0.25, 0.3) is 0 Å². The van der Waals surface area contributed by atoms with Crippen LogP contribution in [-0.4, -0.2) is 22.7 Å². The number of amides is 1. The molecule has 1 heterocycles. The van der Waals surface area contributed by atoms with Crippen molar-refractivity contribution in [3.8, 4) is 17.2 Å². The molecule has 128 valence electrons. The first kappa shape index (κ1) is 16.7. The predicted octanol–water partition coefficient (Wildman–Crippen LogP) is 3.71. The molecule has 25 heavy (non-hydrogen) atoms. The van der Waals surface area contributed by atoms with Gasteiger partial charge >= 0.3 is 0 Å². The third-order valence-electron chi connectivity index (χ3n) is 3.51. The number of carbonyl (C=O) groups excluding carboxylic acids is 1. The molecular weight excluding hydrogens is 318 g/mol. The van der Waals surface area contributed by atoms with Crippen molar-refractivity contribution in [1.29, 1.82) is 0 Å². The molecule has 0 aliphatic rings. The number of aromatic nitrogens is 2. The molecular formula is C19H19N3O3. The lowest BCUT2D eigenvalue weighted by Gasteiger charge is -2.10. The van der Waals surface area contributed by atoms with E-state index in [0.29, 0.717) is 36.2 Å². The van der Waals surface area contributed by atoms with E-state index in [0.717, 1.165) is 5.56 Å². The predicted molar refractivity (Wildman–Crippen MR) is 94.3 cm³/mol. The van der Waals surface area contributed by atoms with Gasteiger partial charge in [-0.15, -0.1) is 10.2 Å². The number of para-hydroxylation sites is 2. The Morgan fingerprint density at radius 2 is 1.84 bits per heavy atom. The summed E-state index contributed by atoms with van der Waals surface area (Å²) in [5.41, 5.74) is 1.51. The fourth-order valence-corrected chi connectivity index (χ4v) is 2.34. The van der Waals surface area contributed by atoms with E-state index >= 15 is 0 Å². The maximum Gasteiger partial charge on any atom is 0.247 e. The Kier molecular flexibility index (Phi) is 5.41. The fraction of sp³-hybridized carbons (Fsp3) is 0.211. The van der Waals surface area contributed by atoms with Gasteiger partial charge in [0.05, 0.1) is 12.3 Å². The molecule has 6 nitrogen and oxygen atoms in total. The molecule has 0 spiro atoms. The van der Waals surface area contributed by atoms with Crippen LogP contribution in [0.25, 0.3) is 11.5 Å². The molecule has 2 aromatic carbocycles. The molecule has 0 unspecified atom stereocenters. The number of anilines is 1. The summed E-state index contributed by atoms with van der Waals surface area (Å²) in [7, 11) is 0. The van der Waals surface area contributed by atoms with Crippen molar-refractivity contribution in [2.75, 3.05) is 11.9 Å². The summed E-state index contributed by atoms with van der Waals surface area (Å²) in [5, 5.41) is 10.9. The quantitative estimate of drug-likeness (QED) is 0.711. The molecule has 1 amide bonds. The topological polar surface area (TPSA) is 77.2 Å². The Hall–Kier alpha value is -3.15. The first-order chi connectivity index (χ1) is 12.3. The Bertz CT molecular complexity index is 831. The van der Waals surface area contributed by atoms with E-state index in [9.17, 15) is 4.79 Å². The maximum atomic E-state index is 12.2. The van der Waals surface area contributed by atoms with Gasteiger partial charge in [0.15, 0.2) is 0 Å². The van der Waals surface area contributed by atoms with Gasteiger partial charge in [-0.3, -0.25) is 4.79 Å². The summed E-state index contributed by atoms with van der Waals surface area (Å²) in [4.78, 5) is 12.2. The standard InChI is InChI=1S/C19H19N3O3/c1-2-24-16-11-7-6-10-15(16)20-17(23)12-13-18-21-22-19(25-18)14-8-4-3-5-9-14/h3-11H,2,12-13H2,1H3,(H,20,23). The van der Waals surface area contributed by atoms with E-state index in [-0.39, 0.29) is 12.3 Å². The Labute approximate surface area is 145 Å². The van der Waals surface area contributed by atoms with Crippen LogP contribution in [0.5, 0.6) is 5.75 Å². The van der Waals surface area contributed by atoms with Crippen LogP contribution in [0.4, 0.5) is 5.69 Å². The summed E-state index contributed by atoms with van der Waals surface area (Å²) < 4.78 is 11.1. The molecule has 3 aromatic rings. The Morgan fingerprint density at radius 1 is 1.08 bits per heavy atom. The number of rotatable bonds is 7. The van der Waals surface area contributed by atoms with Crippen molar-refractivity contribution >= 4 is 11.6 Å². The second-order valence-electron chi connectivity index (χ2n) is 5.34. The Morgan fingerprint density at radius 3 is 2.64 bits per heavy atom. The lowest BCUT2D eigenvalue weighted by Crippen LogP contribution is -2.13. The number of hydrogen-bond acceptors (Lipinski definition) is 5. The highest BCUT2D eigenvalue weighted by atomic mass is 16.5. The van der Waals surface area contributed by atoms with Crippen LogP contribution >= 0.6 is 0 Å². The largest absolute Gasteiger partial charge is 0.492 e.